The average Bonchev–Trinajstić information content (AvgIpc) is 2.39. The molecule has 16 heavy (non-hydrogen) atoms. The van der Waals surface area contributed by atoms with Gasteiger partial charge in [0.15, 0.2) is 0 Å². The van der Waals surface area contributed by atoms with Crippen molar-refractivity contribution in [1.29, 1.82) is 0 Å². The first kappa shape index (κ1) is 12.4. The minimum atomic E-state index is 0.484. The summed E-state index contributed by atoms with van der Waals surface area (Å²) in [6.07, 6.45) is 12.5. The Morgan fingerprint density at radius 3 is 2.62 bits per heavy atom. The lowest BCUT2D eigenvalue weighted by molar-refractivity contribution is 0.209. The molecule has 2 aliphatic rings. The highest BCUT2D eigenvalue weighted by Gasteiger charge is 2.30. The Morgan fingerprint density at radius 2 is 2.00 bits per heavy atom. The Balaban J connectivity index is 1.77. The fourth-order valence-electron chi connectivity index (χ4n) is 3.34. The van der Waals surface area contributed by atoms with Crippen molar-refractivity contribution >= 4 is 0 Å². The third kappa shape index (κ3) is 3.21. The maximum atomic E-state index is 3.79. The molecule has 2 aliphatic heterocycles. The number of nitrogens with one attached hydrogen (secondary N) is 2. The molecule has 2 unspecified atom stereocenters. The van der Waals surface area contributed by atoms with Crippen molar-refractivity contribution in [1.82, 2.24) is 10.6 Å². The molecule has 0 bridgehead atoms. The molecule has 2 heteroatoms. The monoisotopic (exact) mass is 224 g/mol. The summed E-state index contributed by atoms with van der Waals surface area (Å²) < 4.78 is 0. The second kappa shape index (κ2) is 6.02. The van der Waals surface area contributed by atoms with E-state index in [2.05, 4.69) is 17.6 Å². The first-order valence-corrected chi connectivity index (χ1v) is 7.33. The van der Waals surface area contributed by atoms with E-state index in [-0.39, 0.29) is 0 Å². The van der Waals surface area contributed by atoms with E-state index in [1.807, 2.05) is 0 Å². The lowest BCUT2D eigenvalue weighted by Gasteiger charge is -2.39. The number of hydrogen-bond acceptors (Lipinski definition) is 2. The Labute approximate surface area is 101 Å². The van der Waals surface area contributed by atoms with Gasteiger partial charge >= 0.3 is 0 Å². The second-order valence-electron chi connectivity index (χ2n) is 5.70. The maximum Gasteiger partial charge on any atom is 0.0179 e. The molecule has 2 atom stereocenters. The molecule has 2 nitrogen and oxygen atoms in total. The minimum Gasteiger partial charge on any atom is -0.314 e. The van der Waals surface area contributed by atoms with Crippen LogP contribution in [-0.4, -0.2) is 24.7 Å². The highest BCUT2D eigenvalue weighted by atomic mass is 15.0. The molecule has 2 rings (SSSR count). The molecular weight excluding hydrogens is 196 g/mol. The summed E-state index contributed by atoms with van der Waals surface area (Å²) in [4.78, 5) is 0. The first-order chi connectivity index (χ1) is 7.85. The van der Waals surface area contributed by atoms with Gasteiger partial charge in [-0.3, -0.25) is 0 Å². The van der Waals surface area contributed by atoms with Gasteiger partial charge < -0.3 is 10.6 Å². The fourth-order valence-corrected chi connectivity index (χ4v) is 3.34. The van der Waals surface area contributed by atoms with Gasteiger partial charge in [0.05, 0.1) is 0 Å². The van der Waals surface area contributed by atoms with Crippen LogP contribution in [0.3, 0.4) is 0 Å². The molecule has 0 aromatic rings. The smallest absolute Gasteiger partial charge is 0.0179 e. The molecule has 2 fully saturated rings. The van der Waals surface area contributed by atoms with E-state index in [1.54, 1.807) is 0 Å². The van der Waals surface area contributed by atoms with Crippen LogP contribution >= 0.6 is 0 Å². The molecular formula is C14H28N2. The van der Waals surface area contributed by atoms with Crippen molar-refractivity contribution in [3.63, 3.8) is 0 Å². The summed E-state index contributed by atoms with van der Waals surface area (Å²) in [6, 6.07) is 0.806. The largest absolute Gasteiger partial charge is 0.314 e. The predicted molar refractivity (Wildman–Crippen MR) is 69.8 cm³/mol. The molecule has 0 radical (unpaired) electrons. The van der Waals surface area contributed by atoms with Crippen LogP contribution < -0.4 is 10.6 Å². The first-order valence-electron chi connectivity index (χ1n) is 7.33. The average molecular weight is 224 g/mol. The van der Waals surface area contributed by atoms with Crippen molar-refractivity contribution in [2.24, 2.45) is 0 Å². The van der Waals surface area contributed by atoms with Gasteiger partial charge in [-0.1, -0.05) is 19.8 Å². The second-order valence-corrected chi connectivity index (χ2v) is 5.70. The molecule has 0 aromatic carbocycles. The summed E-state index contributed by atoms with van der Waals surface area (Å²) in [5, 5.41) is 7.47. The van der Waals surface area contributed by atoms with Gasteiger partial charge in [0, 0.05) is 11.6 Å². The van der Waals surface area contributed by atoms with Crippen molar-refractivity contribution in [3.8, 4) is 0 Å². The van der Waals surface area contributed by atoms with Crippen LogP contribution in [0.4, 0.5) is 0 Å². The van der Waals surface area contributed by atoms with Crippen LogP contribution in [0.5, 0.6) is 0 Å². The summed E-state index contributed by atoms with van der Waals surface area (Å²) in [7, 11) is 0. The van der Waals surface area contributed by atoms with Gasteiger partial charge in [-0.15, -0.1) is 0 Å². The summed E-state index contributed by atoms with van der Waals surface area (Å²) >= 11 is 0. The zero-order chi connectivity index (χ0) is 11.3. The Morgan fingerprint density at radius 1 is 1.12 bits per heavy atom. The van der Waals surface area contributed by atoms with Gasteiger partial charge in [0.25, 0.3) is 0 Å². The fraction of sp³-hybridized carbons (Fsp3) is 1.00. The van der Waals surface area contributed by atoms with Crippen LogP contribution in [-0.2, 0) is 0 Å². The number of hydrogen-bond donors (Lipinski definition) is 2. The summed E-state index contributed by atoms with van der Waals surface area (Å²) in [5.74, 6) is 0. The minimum absolute atomic E-state index is 0.484. The highest BCUT2D eigenvalue weighted by molar-refractivity contribution is 4.91. The van der Waals surface area contributed by atoms with Crippen LogP contribution in [0.1, 0.15) is 64.7 Å². The van der Waals surface area contributed by atoms with E-state index >= 15 is 0 Å². The van der Waals surface area contributed by atoms with Crippen LogP contribution in [0.2, 0.25) is 0 Å². The number of piperidine rings is 2. The molecule has 0 aromatic heterocycles. The van der Waals surface area contributed by atoms with Crippen molar-refractivity contribution in [3.05, 3.63) is 0 Å². The molecule has 0 amide bonds. The zero-order valence-corrected chi connectivity index (χ0v) is 10.9. The van der Waals surface area contributed by atoms with E-state index in [9.17, 15) is 0 Å². The van der Waals surface area contributed by atoms with E-state index in [1.165, 1.54) is 70.9 Å². The van der Waals surface area contributed by atoms with Crippen LogP contribution in [0.25, 0.3) is 0 Å². The molecule has 0 spiro atoms. The standard InChI is InChI=1S/C14H28N2/c1-2-14(9-4-6-12-16-14)10-8-13-7-3-5-11-15-13/h13,15-16H,2-12H2,1H3. The van der Waals surface area contributed by atoms with Gasteiger partial charge in [-0.2, -0.15) is 0 Å². The number of rotatable bonds is 4. The van der Waals surface area contributed by atoms with Crippen LogP contribution in [0.15, 0.2) is 0 Å². The maximum absolute atomic E-state index is 3.79. The predicted octanol–water partition coefficient (Wildman–Crippen LogP) is 2.83. The van der Waals surface area contributed by atoms with Gasteiger partial charge in [-0.25, -0.2) is 0 Å². The lowest BCUT2D eigenvalue weighted by atomic mass is 9.81. The Hall–Kier alpha value is -0.0800. The molecule has 0 aliphatic carbocycles. The van der Waals surface area contributed by atoms with E-state index in [4.69, 9.17) is 0 Å². The van der Waals surface area contributed by atoms with Crippen LogP contribution in [0, 0.1) is 0 Å². The summed E-state index contributed by atoms with van der Waals surface area (Å²) in [6.45, 7) is 4.84. The lowest BCUT2D eigenvalue weighted by Crippen LogP contribution is -2.49. The highest BCUT2D eigenvalue weighted by Crippen LogP contribution is 2.29. The molecule has 2 N–H and O–H groups in total. The third-order valence-electron chi connectivity index (χ3n) is 4.64. The van der Waals surface area contributed by atoms with Crippen molar-refractivity contribution in [2.75, 3.05) is 13.1 Å². The van der Waals surface area contributed by atoms with E-state index in [0.29, 0.717) is 5.54 Å². The Bertz CT molecular complexity index is 191. The normalized spacial score (nSPS) is 36.2. The molecule has 2 heterocycles. The van der Waals surface area contributed by atoms with E-state index in [0.717, 1.165) is 6.04 Å². The Kier molecular flexibility index (Phi) is 4.66. The van der Waals surface area contributed by atoms with Gasteiger partial charge in [0.1, 0.15) is 0 Å². The third-order valence-corrected chi connectivity index (χ3v) is 4.64. The summed E-state index contributed by atoms with van der Waals surface area (Å²) in [5.41, 5.74) is 0.484. The topological polar surface area (TPSA) is 24.1 Å². The van der Waals surface area contributed by atoms with Crippen molar-refractivity contribution < 1.29 is 0 Å². The zero-order valence-electron chi connectivity index (χ0n) is 10.9. The quantitative estimate of drug-likeness (QED) is 0.767. The molecule has 0 saturated carbocycles. The van der Waals surface area contributed by atoms with Gasteiger partial charge in [0.2, 0.25) is 0 Å². The molecule has 2 saturated heterocycles. The molecule has 94 valence electrons. The SMILES string of the molecule is CCC1(CCC2CCCCN2)CCCCN1. The van der Waals surface area contributed by atoms with Gasteiger partial charge in [-0.05, 0) is 58.0 Å². The van der Waals surface area contributed by atoms with E-state index < -0.39 is 0 Å². The van der Waals surface area contributed by atoms with Crippen molar-refractivity contribution in [2.45, 2.75) is 76.3 Å².